The topological polar surface area (TPSA) is 46.6 Å². The van der Waals surface area contributed by atoms with Crippen LogP contribution in [0.3, 0.4) is 0 Å². The molecule has 1 saturated heterocycles. The zero-order valence-corrected chi connectivity index (χ0v) is 13.1. The van der Waals surface area contributed by atoms with E-state index in [1.807, 2.05) is 0 Å². The fourth-order valence-corrected chi connectivity index (χ4v) is 2.99. The van der Waals surface area contributed by atoms with E-state index in [0.29, 0.717) is 18.2 Å². The fourth-order valence-electron chi connectivity index (χ4n) is 2.38. The van der Waals surface area contributed by atoms with Crippen molar-refractivity contribution in [1.29, 1.82) is 0 Å². The van der Waals surface area contributed by atoms with Crippen LogP contribution in [0.1, 0.15) is 16.7 Å². The lowest BCUT2D eigenvalue weighted by Crippen LogP contribution is -2.52. The molecule has 0 aliphatic carbocycles. The minimum absolute atomic E-state index is 0.0145. The summed E-state index contributed by atoms with van der Waals surface area (Å²) < 4.78 is 103. The van der Waals surface area contributed by atoms with Crippen molar-refractivity contribution in [3.8, 4) is 0 Å². The van der Waals surface area contributed by atoms with E-state index in [2.05, 4.69) is 4.18 Å². The maximum Gasteiger partial charge on any atom is 0.416 e. The molecular weight excluding hydrogens is 364 g/mol. The first kappa shape index (κ1) is 19.0. The van der Waals surface area contributed by atoms with Crippen LogP contribution in [0.4, 0.5) is 26.3 Å². The minimum atomic E-state index is -4.78. The van der Waals surface area contributed by atoms with Gasteiger partial charge in [-0.05, 0) is 23.8 Å². The van der Waals surface area contributed by atoms with Gasteiger partial charge in [0.15, 0.2) is 0 Å². The highest BCUT2D eigenvalue weighted by atomic mass is 32.2. The maximum atomic E-state index is 12.9. The van der Waals surface area contributed by atoms with Gasteiger partial charge in [-0.25, -0.2) is 0 Å². The number of nitrogens with zero attached hydrogens (tertiary/aromatic N) is 1. The Labute approximate surface area is 134 Å². The largest absolute Gasteiger partial charge is 0.416 e. The first-order chi connectivity index (χ1) is 10.8. The molecule has 1 aromatic rings. The lowest BCUT2D eigenvalue weighted by molar-refractivity contribution is -0.142. The van der Waals surface area contributed by atoms with Gasteiger partial charge >= 0.3 is 12.4 Å². The Morgan fingerprint density at radius 3 is 2.17 bits per heavy atom. The van der Waals surface area contributed by atoms with Crippen molar-refractivity contribution in [3.05, 3.63) is 34.9 Å². The number of rotatable bonds is 4. The van der Waals surface area contributed by atoms with Crippen LogP contribution in [0, 0.1) is 0 Å². The second-order valence-electron chi connectivity index (χ2n) is 5.48. The van der Waals surface area contributed by atoms with E-state index in [1.54, 1.807) is 0 Å². The quantitative estimate of drug-likeness (QED) is 0.598. The summed E-state index contributed by atoms with van der Waals surface area (Å²) in [5.41, 5.74) is -2.84. The smallest absolute Gasteiger partial charge is 0.294 e. The second-order valence-corrected chi connectivity index (χ2v) is 7.08. The van der Waals surface area contributed by atoms with E-state index in [0.717, 1.165) is 6.26 Å². The molecule has 1 heterocycles. The zero-order valence-electron chi connectivity index (χ0n) is 12.3. The summed E-state index contributed by atoms with van der Waals surface area (Å²) in [5.74, 6) is 0. The van der Waals surface area contributed by atoms with Crippen LogP contribution in [-0.2, 0) is 33.2 Å². The van der Waals surface area contributed by atoms with E-state index in [1.165, 1.54) is 4.90 Å². The van der Waals surface area contributed by atoms with E-state index in [9.17, 15) is 34.8 Å². The van der Waals surface area contributed by atoms with Crippen LogP contribution in [0.25, 0.3) is 0 Å². The minimum Gasteiger partial charge on any atom is -0.294 e. The molecule has 1 aromatic carbocycles. The Morgan fingerprint density at radius 1 is 1.12 bits per heavy atom. The molecule has 0 bridgehead atoms. The molecule has 4 nitrogen and oxygen atoms in total. The van der Waals surface area contributed by atoms with Crippen molar-refractivity contribution in [2.45, 2.75) is 25.0 Å². The highest BCUT2D eigenvalue weighted by Gasteiger charge is 2.38. The van der Waals surface area contributed by atoms with Crippen molar-refractivity contribution < 1.29 is 38.9 Å². The summed E-state index contributed by atoms with van der Waals surface area (Å²) in [6.45, 7) is -0.358. The molecule has 0 saturated carbocycles. The molecule has 0 spiro atoms. The van der Waals surface area contributed by atoms with Gasteiger partial charge in [0.25, 0.3) is 10.1 Å². The van der Waals surface area contributed by atoms with Crippen molar-refractivity contribution in [1.82, 2.24) is 4.90 Å². The zero-order chi connectivity index (χ0) is 18.3. The standard InChI is InChI=1S/C13H13F6NO3S/c1-24(21,22)23-10-6-20(7-10)5-8-4-9(12(14,15)16)2-3-11(8)13(17,18)19/h2-4,10H,5-7H2,1H3. The molecule has 11 heteroatoms. The van der Waals surface area contributed by atoms with Crippen molar-refractivity contribution in [2.75, 3.05) is 19.3 Å². The molecule has 2 rings (SSSR count). The lowest BCUT2D eigenvalue weighted by Gasteiger charge is -2.38. The fraction of sp³-hybridized carbons (Fsp3) is 0.538. The average Bonchev–Trinajstić information content (AvgIpc) is 2.32. The van der Waals surface area contributed by atoms with Crippen LogP contribution in [0.2, 0.25) is 0 Å². The first-order valence-electron chi connectivity index (χ1n) is 6.63. The third-order valence-corrected chi connectivity index (χ3v) is 3.99. The molecule has 0 unspecified atom stereocenters. The molecule has 1 aliphatic heterocycles. The molecule has 1 fully saturated rings. The van der Waals surface area contributed by atoms with Crippen LogP contribution >= 0.6 is 0 Å². The summed E-state index contributed by atoms with van der Waals surface area (Å²) in [4.78, 5) is 1.38. The highest BCUT2D eigenvalue weighted by molar-refractivity contribution is 7.86. The Kier molecular flexibility index (Phi) is 4.90. The average molecular weight is 377 g/mol. The number of likely N-dealkylation sites (tertiary alicyclic amines) is 1. The number of halogens is 6. The third kappa shape index (κ3) is 4.84. The lowest BCUT2D eigenvalue weighted by atomic mass is 10.0. The number of hydrogen-bond acceptors (Lipinski definition) is 4. The number of benzene rings is 1. The maximum absolute atomic E-state index is 12.9. The van der Waals surface area contributed by atoms with Gasteiger partial charge in [-0.15, -0.1) is 0 Å². The van der Waals surface area contributed by atoms with Crippen molar-refractivity contribution in [2.24, 2.45) is 0 Å². The summed E-state index contributed by atoms with van der Waals surface area (Å²) in [6.07, 6.45) is -9.41. The monoisotopic (exact) mass is 377 g/mol. The summed E-state index contributed by atoms with van der Waals surface area (Å²) >= 11 is 0. The first-order valence-corrected chi connectivity index (χ1v) is 8.45. The highest BCUT2D eigenvalue weighted by Crippen LogP contribution is 2.37. The van der Waals surface area contributed by atoms with E-state index >= 15 is 0 Å². The van der Waals surface area contributed by atoms with Gasteiger partial charge in [-0.1, -0.05) is 0 Å². The molecule has 0 aromatic heterocycles. The third-order valence-electron chi connectivity index (χ3n) is 3.37. The van der Waals surface area contributed by atoms with Crippen molar-refractivity contribution in [3.63, 3.8) is 0 Å². The Bertz CT molecular complexity index is 707. The van der Waals surface area contributed by atoms with Gasteiger partial charge in [-0.3, -0.25) is 9.08 Å². The van der Waals surface area contributed by atoms with Crippen LogP contribution in [-0.4, -0.2) is 38.8 Å². The summed E-state index contributed by atoms with van der Waals surface area (Å²) in [6, 6.07) is 1.26. The SMILES string of the molecule is CS(=O)(=O)OC1CN(Cc2cc(C(F)(F)F)ccc2C(F)(F)F)C1. The molecule has 0 amide bonds. The van der Waals surface area contributed by atoms with Crippen LogP contribution < -0.4 is 0 Å². The normalized spacial score (nSPS) is 17.8. The number of hydrogen-bond donors (Lipinski definition) is 0. The van der Waals surface area contributed by atoms with E-state index < -0.39 is 45.3 Å². The van der Waals surface area contributed by atoms with E-state index in [4.69, 9.17) is 0 Å². The van der Waals surface area contributed by atoms with Crippen molar-refractivity contribution >= 4 is 10.1 Å². The summed E-state index contributed by atoms with van der Waals surface area (Å²) in [5, 5.41) is 0. The van der Waals surface area contributed by atoms with Gasteiger partial charge in [-0.2, -0.15) is 34.8 Å². The molecule has 0 radical (unpaired) electrons. The Morgan fingerprint density at radius 2 is 1.71 bits per heavy atom. The van der Waals surface area contributed by atoms with Crippen LogP contribution in [0.5, 0.6) is 0 Å². The van der Waals surface area contributed by atoms with Gasteiger partial charge < -0.3 is 0 Å². The van der Waals surface area contributed by atoms with E-state index in [-0.39, 0.29) is 19.6 Å². The second kappa shape index (κ2) is 6.19. The molecular formula is C13H13F6NO3S. The van der Waals surface area contributed by atoms with Gasteiger partial charge in [0.2, 0.25) is 0 Å². The molecule has 136 valence electrons. The van der Waals surface area contributed by atoms with Gasteiger partial charge in [0.1, 0.15) is 6.10 Å². The molecule has 1 aliphatic rings. The Hall–Kier alpha value is -1.33. The summed E-state index contributed by atoms with van der Waals surface area (Å²) in [7, 11) is -3.69. The van der Waals surface area contributed by atoms with Crippen LogP contribution in [0.15, 0.2) is 18.2 Å². The molecule has 24 heavy (non-hydrogen) atoms. The molecule has 0 atom stereocenters. The molecule has 0 N–H and O–H groups in total. The predicted molar refractivity (Wildman–Crippen MR) is 71.4 cm³/mol. The van der Waals surface area contributed by atoms with Gasteiger partial charge in [0.05, 0.1) is 17.4 Å². The number of alkyl halides is 6. The predicted octanol–water partition coefficient (Wildman–Crippen LogP) is 2.88. The van der Waals surface area contributed by atoms with Gasteiger partial charge in [0, 0.05) is 19.6 Å². The Balaban J connectivity index is 2.17.